The van der Waals surface area contributed by atoms with E-state index in [4.69, 9.17) is 0 Å². The molecule has 0 amide bonds. The van der Waals surface area contributed by atoms with Crippen molar-refractivity contribution in [3.63, 3.8) is 0 Å². The summed E-state index contributed by atoms with van der Waals surface area (Å²) in [5.74, 6) is 0.355. The predicted octanol–water partition coefficient (Wildman–Crippen LogP) is 5.46. The van der Waals surface area contributed by atoms with Crippen molar-refractivity contribution in [2.24, 2.45) is 5.41 Å². The van der Waals surface area contributed by atoms with E-state index >= 15 is 0 Å². The summed E-state index contributed by atoms with van der Waals surface area (Å²) in [6.45, 7) is 12.5. The summed E-state index contributed by atoms with van der Waals surface area (Å²) in [4.78, 5) is 11.7. The van der Waals surface area contributed by atoms with Crippen molar-refractivity contribution in [3.8, 4) is 0 Å². The normalized spacial score (nSPS) is 13.9. The molecule has 0 aliphatic carbocycles. The van der Waals surface area contributed by atoms with Gasteiger partial charge in [0.05, 0.1) is 0 Å². The number of hydrogen-bond acceptors (Lipinski definition) is 1. The van der Waals surface area contributed by atoms with Gasteiger partial charge in [-0.2, -0.15) is 0 Å². The number of allylic oxidation sites excluding steroid dienone is 4. The Morgan fingerprint density at radius 3 is 1.94 bits per heavy atom. The SMILES string of the molecule is CCC(C)=CCCC(C)=CCCC(=O)C(C)(C)C. The maximum atomic E-state index is 11.7. The lowest BCUT2D eigenvalue weighted by atomic mass is 9.88. The Balaban J connectivity index is 3.96. The van der Waals surface area contributed by atoms with Crippen LogP contribution in [0.4, 0.5) is 0 Å². The average Bonchev–Trinajstić information content (AvgIpc) is 2.27. The fourth-order valence-electron chi connectivity index (χ4n) is 1.62. The highest BCUT2D eigenvalue weighted by atomic mass is 16.1. The van der Waals surface area contributed by atoms with E-state index in [0.29, 0.717) is 12.2 Å². The Labute approximate surface area is 113 Å². The molecule has 0 saturated heterocycles. The largest absolute Gasteiger partial charge is 0.299 e. The highest BCUT2D eigenvalue weighted by molar-refractivity contribution is 5.83. The second-order valence-corrected chi connectivity index (χ2v) is 6.21. The molecule has 0 spiro atoms. The van der Waals surface area contributed by atoms with E-state index in [9.17, 15) is 4.79 Å². The molecule has 0 atom stereocenters. The van der Waals surface area contributed by atoms with Gasteiger partial charge in [0.25, 0.3) is 0 Å². The highest BCUT2D eigenvalue weighted by Gasteiger charge is 2.19. The van der Waals surface area contributed by atoms with Gasteiger partial charge < -0.3 is 0 Å². The van der Waals surface area contributed by atoms with Crippen LogP contribution in [0.2, 0.25) is 0 Å². The molecule has 0 unspecified atom stereocenters. The fourth-order valence-corrected chi connectivity index (χ4v) is 1.62. The summed E-state index contributed by atoms with van der Waals surface area (Å²) >= 11 is 0. The van der Waals surface area contributed by atoms with Crippen LogP contribution in [0, 0.1) is 5.41 Å². The maximum Gasteiger partial charge on any atom is 0.138 e. The van der Waals surface area contributed by atoms with Crippen LogP contribution in [0.25, 0.3) is 0 Å². The third-order valence-corrected chi connectivity index (χ3v) is 3.29. The number of Topliss-reactive ketones (excluding diaryl/α,β-unsaturated/α-hetero) is 1. The van der Waals surface area contributed by atoms with E-state index in [-0.39, 0.29) is 5.41 Å². The Bertz CT molecular complexity index is 313. The van der Waals surface area contributed by atoms with E-state index in [2.05, 4.69) is 32.9 Å². The lowest BCUT2D eigenvalue weighted by Crippen LogP contribution is -2.19. The molecule has 0 bridgehead atoms. The van der Waals surface area contributed by atoms with Gasteiger partial charge in [-0.25, -0.2) is 0 Å². The third kappa shape index (κ3) is 8.27. The number of carbonyl (C=O) groups excluding carboxylic acids is 1. The zero-order valence-electron chi connectivity index (χ0n) is 13.1. The van der Waals surface area contributed by atoms with Crippen molar-refractivity contribution >= 4 is 5.78 Å². The minimum Gasteiger partial charge on any atom is -0.299 e. The zero-order chi connectivity index (χ0) is 14.2. The quantitative estimate of drug-likeness (QED) is 0.548. The molecule has 0 N–H and O–H groups in total. The minimum atomic E-state index is -0.192. The lowest BCUT2D eigenvalue weighted by molar-refractivity contribution is -0.126. The number of rotatable bonds is 7. The molecule has 0 aromatic heterocycles. The second-order valence-electron chi connectivity index (χ2n) is 6.21. The summed E-state index contributed by atoms with van der Waals surface area (Å²) in [5, 5.41) is 0. The average molecular weight is 250 g/mol. The van der Waals surface area contributed by atoms with Crippen molar-refractivity contribution in [2.75, 3.05) is 0 Å². The van der Waals surface area contributed by atoms with Crippen molar-refractivity contribution in [1.82, 2.24) is 0 Å². The minimum absolute atomic E-state index is 0.192. The van der Waals surface area contributed by atoms with Gasteiger partial charge in [0.15, 0.2) is 0 Å². The van der Waals surface area contributed by atoms with Gasteiger partial charge in [-0.1, -0.05) is 51.0 Å². The predicted molar refractivity (Wildman–Crippen MR) is 80.7 cm³/mol. The lowest BCUT2D eigenvalue weighted by Gasteiger charge is -2.15. The van der Waals surface area contributed by atoms with Crippen LogP contribution in [-0.2, 0) is 4.79 Å². The third-order valence-electron chi connectivity index (χ3n) is 3.29. The van der Waals surface area contributed by atoms with Crippen LogP contribution < -0.4 is 0 Å². The first kappa shape index (κ1) is 17.2. The van der Waals surface area contributed by atoms with Gasteiger partial charge in [-0.05, 0) is 39.5 Å². The molecule has 0 aromatic rings. The van der Waals surface area contributed by atoms with Crippen molar-refractivity contribution in [3.05, 3.63) is 23.3 Å². The summed E-state index contributed by atoms with van der Waals surface area (Å²) in [6, 6.07) is 0. The van der Waals surface area contributed by atoms with E-state index in [1.165, 1.54) is 11.1 Å². The maximum absolute atomic E-state index is 11.7. The first-order chi connectivity index (χ1) is 8.27. The summed E-state index contributed by atoms with van der Waals surface area (Å²) in [7, 11) is 0. The summed E-state index contributed by atoms with van der Waals surface area (Å²) in [5.41, 5.74) is 2.67. The molecule has 1 nitrogen and oxygen atoms in total. The smallest absolute Gasteiger partial charge is 0.138 e. The van der Waals surface area contributed by atoms with Gasteiger partial charge in [0.1, 0.15) is 5.78 Å². The molecule has 0 rings (SSSR count). The summed E-state index contributed by atoms with van der Waals surface area (Å²) in [6.07, 6.45) is 9.47. The molecule has 0 radical (unpaired) electrons. The number of hydrogen-bond donors (Lipinski definition) is 0. The van der Waals surface area contributed by atoms with Crippen molar-refractivity contribution in [1.29, 1.82) is 0 Å². The van der Waals surface area contributed by atoms with Crippen LogP contribution in [0.15, 0.2) is 23.3 Å². The van der Waals surface area contributed by atoms with Crippen LogP contribution in [-0.4, -0.2) is 5.78 Å². The van der Waals surface area contributed by atoms with Gasteiger partial charge in [0, 0.05) is 11.8 Å². The fraction of sp³-hybridized carbons (Fsp3) is 0.706. The molecular weight excluding hydrogens is 220 g/mol. The first-order valence-corrected chi connectivity index (χ1v) is 7.12. The van der Waals surface area contributed by atoms with E-state index < -0.39 is 0 Å². The summed E-state index contributed by atoms with van der Waals surface area (Å²) < 4.78 is 0. The van der Waals surface area contributed by atoms with E-state index in [0.717, 1.165) is 25.7 Å². The molecule has 0 aliphatic heterocycles. The molecular formula is C17H30O. The molecule has 0 saturated carbocycles. The van der Waals surface area contributed by atoms with Crippen LogP contribution in [0.5, 0.6) is 0 Å². The standard InChI is InChI=1S/C17H30O/c1-7-14(2)10-8-11-15(3)12-9-13-16(18)17(4,5)6/h10,12H,7-9,11,13H2,1-6H3. The Morgan fingerprint density at radius 1 is 0.944 bits per heavy atom. The molecule has 104 valence electrons. The molecule has 0 heterocycles. The van der Waals surface area contributed by atoms with Gasteiger partial charge in [-0.3, -0.25) is 4.79 Å². The molecule has 0 aliphatic rings. The molecule has 18 heavy (non-hydrogen) atoms. The van der Waals surface area contributed by atoms with Crippen LogP contribution >= 0.6 is 0 Å². The van der Waals surface area contributed by atoms with Gasteiger partial charge in [-0.15, -0.1) is 0 Å². The molecule has 0 fully saturated rings. The first-order valence-electron chi connectivity index (χ1n) is 7.12. The second kappa shape index (κ2) is 8.29. The van der Waals surface area contributed by atoms with E-state index in [1.807, 2.05) is 20.8 Å². The number of ketones is 1. The number of carbonyl (C=O) groups is 1. The Kier molecular flexibility index (Phi) is 7.90. The van der Waals surface area contributed by atoms with Gasteiger partial charge >= 0.3 is 0 Å². The van der Waals surface area contributed by atoms with Gasteiger partial charge in [0.2, 0.25) is 0 Å². The van der Waals surface area contributed by atoms with Crippen molar-refractivity contribution in [2.45, 2.75) is 73.6 Å². The van der Waals surface area contributed by atoms with E-state index in [1.54, 1.807) is 0 Å². The van der Waals surface area contributed by atoms with Crippen LogP contribution in [0.1, 0.15) is 73.6 Å². The van der Waals surface area contributed by atoms with Crippen molar-refractivity contribution < 1.29 is 4.79 Å². The van der Waals surface area contributed by atoms with Crippen LogP contribution in [0.3, 0.4) is 0 Å². The molecule has 0 aromatic carbocycles. The highest BCUT2D eigenvalue weighted by Crippen LogP contribution is 2.18. The molecule has 1 heteroatoms. The monoisotopic (exact) mass is 250 g/mol. The topological polar surface area (TPSA) is 17.1 Å². The Morgan fingerprint density at radius 2 is 1.44 bits per heavy atom. The Hall–Kier alpha value is -0.850. The zero-order valence-corrected chi connectivity index (χ0v) is 13.1.